The average Bonchev–Trinajstić information content (AvgIpc) is 2.57. The maximum absolute atomic E-state index is 12.1. The van der Waals surface area contributed by atoms with E-state index in [1.807, 2.05) is 12.1 Å². The summed E-state index contributed by atoms with van der Waals surface area (Å²) in [6.07, 6.45) is 7.50. The molecule has 1 aliphatic carbocycles. The molecule has 0 amide bonds. The molecule has 3 rings (SSSR count). The zero-order chi connectivity index (χ0) is 17.1. The largest absolute Gasteiger partial charge is 0.453 e. The number of hydrogen-bond donors (Lipinski definition) is 0. The van der Waals surface area contributed by atoms with Crippen molar-refractivity contribution in [2.24, 2.45) is 0 Å². The molecular weight excluding hydrogens is 296 g/mol. The Bertz CT molecular complexity index is 771. The molecule has 2 nitrogen and oxygen atoms in total. The first-order chi connectivity index (χ1) is 11.6. The van der Waals surface area contributed by atoms with Gasteiger partial charge in [0.1, 0.15) is 6.10 Å². The van der Waals surface area contributed by atoms with Gasteiger partial charge in [-0.1, -0.05) is 70.0 Å². The molecule has 0 bridgehead atoms. The second-order valence-electron chi connectivity index (χ2n) is 6.90. The lowest BCUT2D eigenvalue weighted by atomic mass is 9.85. The summed E-state index contributed by atoms with van der Waals surface area (Å²) in [6, 6.07) is 10.7. The van der Waals surface area contributed by atoms with Crippen LogP contribution in [0.1, 0.15) is 75.2 Å². The van der Waals surface area contributed by atoms with Crippen molar-refractivity contribution in [3.8, 4) is 0 Å². The molecule has 0 saturated heterocycles. The Kier molecular flexibility index (Phi) is 5.03. The van der Waals surface area contributed by atoms with Crippen LogP contribution in [-0.4, -0.2) is 5.97 Å². The van der Waals surface area contributed by atoms with E-state index < -0.39 is 0 Å². The van der Waals surface area contributed by atoms with Gasteiger partial charge < -0.3 is 4.74 Å². The zero-order valence-corrected chi connectivity index (χ0v) is 14.8. The van der Waals surface area contributed by atoms with E-state index in [0.29, 0.717) is 12.3 Å². The number of ether oxygens (including phenoxy) is 1. The smallest absolute Gasteiger partial charge is 0.306 e. The fourth-order valence-electron chi connectivity index (χ4n) is 3.48. The first-order valence-corrected chi connectivity index (χ1v) is 9.05. The summed E-state index contributed by atoms with van der Waals surface area (Å²) in [6.45, 7) is 6.57. The van der Waals surface area contributed by atoms with Gasteiger partial charge in [-0.2, -0.15) is 0 Å². The molecule has 24 heavy (non-hydrogen) atoms. The van der Waals surface area contributed by atoms with Crippen LogP contribution in [0.2, 0.25) is 0 Å². The Hall–Kier alpha value is -2.09. The lowest BCUT2D eigenvalue weighted by Crippen LogP contribution is -2.12. The van der Waals surface area contributed by atoms with Gasteiger partial charge in [0.05, 0.1) is 0 Å². The van der Waals surface area contributed by atoms with Gasteiger partial charge >= 0.3 is 5.97 Å². The second-order valence-corrected chi connectivity index (χ2v) is 6.90. The topological polar surface area (TPSA) is 26.3 Å². The third-order valence-electron chi connectivity index (χ3n) is 4.76. The fourth-order valence-corrected chi connectivity index (χ4v) is 3.48. The number of benzene rings is 2. The lowest BCUT2D eigenvalue weighted by Gasteiger charge is -2.24. The molecule has 0 spiro atoms. The predicted octanol–water partition coefficient (Wildman–Crippen LogP) is 6.15. The minimum Gasteiger partial charge on any atom is -0.453 e. The summed E-state index contributed by atoms with van der Waals surface area (Å²) in [5.74, 6) is 0.369. The Morgan fingerprint density at radius 3 is 2.75 bits per heavy atom. The third-order valence-corrected chi connectivity index (χ3v) is 4.76. The lowest BCUT2D eigenvalue weighted by molar-refractivity contribution is -0.147. The Morgan fingerprint density at radius 1 is 1.17 bits per heavy atom. The van der Waals surface area contributed by atoms with Crippen molar-refractivity contribution in [3.05, 3.63) is 53.1 Å². The molecule has 1 unspecified atom stereocenters. The third kappa shape index (κ3) is 3.24. The fraction of sp³-hybridized carbons (Fsp3) is 0.409. The van der Waals surface area contributed by atoms with Gasteiger partial charge in [0, 0.05) is 12.0 Å². The minimum absolute atomic E-state index is 0.0985. The molecule has 0 heterocycles. The van der Waals surface area contributed by atoms with Crippen LogP contribution in [0.4, 0.5) is 0 Å². The molecular formula is C22H26O2. The van der Waals surface area contributed by atoms with Crippen molar-refractivity contribution in [1.82, 2.24) is 0 Å². The van der Waals surface area contributed by atoms with Gasteiger partial charge in [-0.05, 0) is 40.3 Å². The molecule has 1 aliphatic rings. The van der Waals surface area contributed by atoms with Crippen LogP contribution in [0, 0.1) is 0 Å². The number of unbranched alkanes of at least 4 members (excludes halogenated alkanes) is 2. The first-order valence-electron chi connectivity index (χ1n) is 9.05. The van der Waals surface area contributed by atoms with Crippen molar-refractivity contribution >= 4 is 22.8 Å². The van der Waals surface area contributed by atoms with Crippen LogP contribution < -0.4 is 0 Å². The number of rotatable bonds is 6. The van der Waals surface area contributed by atoms with E-state index in [1.54, 1.807) is 0 Å². The number of esters is 1. The molecule has 2 aromatic rings. The van der Waals surface area contributed by atoms with E-state index in [0.717, 1.165) is 24.8 Å². The summed E-state index contributed by atoms with van der Waals surface area (Å²) in [5.41, 5.74) is 3.73. The molecule has 0 saturated carbocycles. The summed E-state index contributed by atoms with van der Waals surface area (Å²) in [7, 11) is 0. The van der Waals surface area contributed by atoms with Crippen LogP contribution in [-0.2, 0) is 9.53 Å². The summed E-state index contributed by atoms with van der Waals surface area (Å²) >= 11 is 0. The first kappa shape index (κ1) is 16.8. The normalized spacial score (nSPS) is 15.9. The maximum atomic E-state index is 12.1. The van der Waals surface area contributed by atoms with Gasteiger partial charge in [-0.3, -0.25) is 4.79 Å². The van der Waals surface area contributed by atoms with Crippen LogP contribution in [0.5, 0.6) is 0 Å². The van der Waals surface area contributed by atoms with E-state index in [-0.39, 0.29) is 12.1 Å². The van der Waals surface area contributed by atoms with Crippen molar-refractivity contribution in [3.63, 3.8) is 0 Å². The molecule has 0 fully saturated rings. The van der Waals surface area contributed by atoms with Crippen molar-refractivity contribution in [1.29, 1.82) is 0 Å². The van der Waals surface area contributed by atoms with E-state index in [2.05, 4.69) is 51.1 Å². The predicted molar refractivity (Wildman–Crippen MR) is 100 cm³/mol. The van der Waals surface area contributed by atoms with Crippen LogP contribution in [0.15, 0.2) is 36.4 Å². The monoisotopic (exact) mass is 322 g/mol. The number of carbonyl (C=O) groups excluding carboxylic acids is 1. The molecule has 1 atom stereocenters. The minimum atomic E-state index is -0.266. The highest BCUT2D eigenvalue weighted by Gasteiger charge is 2.22. The van der Waals surface area contributed by atoms with Gasteiger partial charge in [-0.15, -0.1) is 0 Å². The van der Waals surface area contributed by atoms with Crippen LogP contribution >= 0.6 is 0 Å². The van der Waals surface area contributed by atoms with E-state index in [1.165, 1.54) is 21.9 Å². The highest BCUT2D eigenvalue weighted by atomic mass is 16.5. The number of carbonyl (C=O) groups is 1. The molecule has 2 heteroatoms. The van der Waals surface area contributed by atoms with Gasteiger partial charge in [-0.25, -0.2) is 0 Å². The summed E-state index contributed by atoms with van der Waals surface area (Å²) < 4.78 is 5.76. The second kappa shape index (κ2) is 7.21. The van der Waals surface area contributed by atoms with Gasteiger partial charge in [0.25, 0.3) is 0 Å². The van der Waals surface area contributed by atoms with Crippen LogP contribution in [0.25, 0.3) is 16.8 Å². The zero-order valence-electron chi connectivity index (χ0n) is 14.8. The van der Waals surface area contributed by atoms with Crippen LogP contribution in [0.3, 0.4) is 0 Å². The van der Waals surface area contributed by atoms with Gasteiger partial charge in [0.15, 0.2) is 0 Å². The molecule has 126 valence electrons. The highest BCUT2D eigenvalue weighted by Crippen LogP contribution is 2.39. The highest BCUT2D eigenvalue weighted by molar-refractivity contribution is 5.97. The summed E-state index contributed by atoms with van der Waals surface area (Å²) in [4.78, 5) is 12.1. The van der Waals surface area contributed by atoms with E-state index in [9.17, 15) is 4.79 Å². The quantitative estimate of drug-likeness (QED) is 0.470. The maximum Gasteiger partial charge on any atom is 0.306 e. The summed E-state index contributed by atoms with van der Waals surface area (Å²) in [5, 5.41) is 2.45. The molecule has 0 radical (unpaired) electrons. The van der Waals surface area contributed by atoms with Crippen molar-refractivity contribution in [2.45, 2.75) is 58.5 Å². The van der Waals surface area contributed by atoms with Gasteiger partial charge in [0.2, 0.25) is 0 Å². The average molecular weight is 322 g/mol. The number of hydrogen-bond acceptors (Lipinski definition) is 2. The Labute approximate surface area is 144 Å². The SMILES string of the molecule is CCCCCC(=O)OC1C=Cc2c(C(C)C)ccc3cccc1c23. The Morgan fingerprint density at radius 2 is 2.00 bits per heavy atom. The Balaban J connectivity index is 1.92. The van der Waals surface area contributed by atoms with Crippen molar-refractivity contribution < 1.29 is 9.53 Å². The standard InChI is InChI=1S/C22H26O2/c1-4-5-6-10-21(23)24-20-14-13-18-17(15(2)3)12-11-16-8-7-9-19(20)22(16)18/h7-9,11-15,20H,4-6,10H2,1-3H3. The van der Waals surface area contributed by atoms with Crippen molar-refractivity contribution in [2.75, 3.05) is 0 Å². The molecule has 2 aromatic carbocycles. The molecule has 0 N–H and O–H groups in total. The molecule has 0 aliphatic heterocycles. The molecule has 0 aromatic heterocycles. The van der Waals surface area contributed by atoms with E-state index >= 15 is 0 Å². The van der Waals surface area contributed by atoms with E-state index in [4.69, 9.17) is 4.74 Å².